The van der Waals surface area contributed by atoms with Crippen LogP contribution in [-0.2, 0) is 6.54 Å². The van der Waals surface area contributed by atoms with Crippen molar-refractivity contribution in [3.05, 3.63) is 53.2 Å². The van der Waals surface area contributed by atoms with Crippen molar-refractivity contribution < 1.29 is 6.22 Å². The second-order valence-electron chi connectivity index (χ2n) is 7.09. The zero-order valence-corrected chi connectivity index (χ0v) is 15.8. The smallest absolute Gasteiger partial charge is 0.317 e. The lowest BCUT2D eigenvalue weighted by molar-refractivity contribution is 0.182. The van der Waals surface area contributed by atoms with Gasteiger partial charge in [-0.25, -0.2) is 4.79 Å². The minimum Gasteiger partial charge on any atom is -0.353 e. The van der Waals surface area contributed by atoms with Crippen LogP contribution < -0.4 is 10.2 Å². The molecule has 1 aromatic heterocycles. The molecule has 1 aromatic carbocycles. The van der Waals surface area contributed by atoms with Crippen LogP contribution in [-0.4, -0.2) is 47.3 Å². The van der Waals surface area contributed by atoms with Crippen LogP contribution in [0.1, 0.15) is 31.0 Å². The number of benzene rings is 1. The molecular formula is C20H29N5O. The predicted molar refractivity (Wildman–Crippen MR) is 105 cm³/mol. The van der Waals surface area contributed by atoms with Gasteiger partial charge in [-0.1, -0.05) is 29.3 Å². The van der Waals surface area contributed by atoms with Crippen molar-refractivity contribution in [1.82, 2.24) is 20.4 Å². The number of carbonyl (C=O) groups excluding carboxylic acids is 1. The van der Waals surface area contributed by atoms with Crippen molar-refractivity contribution in [2.45, 2.75) is 39.3 Å². The molecule has 1 N–H and O–H groups in total. The van der Waals surface area contributed by atoms with Gasteiger partial charge in [-0.2, -0.15) is 5.10 Å². The van der Waals surface area contributed by atoms with Gasteiger partial charge in [0.05, 0.1) is 6.04 Å². The Bertz CT molecular complexity index is 735. The van der Waals surface area contributed by atoms with Gasteiger partial charge in [0.1, 0.15) is 0 Å². The third kappa shape index (κ3) is 4.50. The molecule has 0 bridgehead atoms. The van der Waals surface area contributed by atoms with Crippen molar-refractivity contribution in [2.24, 2.45) is 0 Å². The molecule has 0 spiro atoms. The number of likely N-dealkylation sites (N-methyl/N-ethyl adjacent to an activating group) is 1. The summed E-state index contributed by atoms with van der Waals surface area (Å²) in [5, 5.41) is 11.2. The number of piperidine rings is 1. The maximum absolute atomic E-state index is 12.6. The summed E-state index contributed by atoms with van der Waals surface area (Å²) in [6.07, 6.45) is 3.72. The van der Waals surface area contributed by atoms with E-state index in [1.54, 1.807) is 6.20 Å². The number of nitrogens with zero attached hydrogens (tertiary/aromatic N) is 4. The highest BCUT2D eigenvalue weighted by atomic mass is 16.2. The Hall–Kier alpha value is -2.63. The first kappa shape index (κ1) is 18.2. The molecule has 3 rings (SSSR count). The Morgan fingerprint density at radius 1 is 1.35 bits per heavy atom. The van der Waals surface area contributed by atoms with Gasteiger partial charge in [0.15, 0.2) is 5.82 Å². The molecule has 2 aromatic rings. The summed E-state index contributed by atoms with van der Waals surface area (Å²) in [7, 11) is 1.88. The molecule has 1 aliphatic heterocycles. The third-order valence-corrected chi connectivity index (χ3v) is 4.87. The first-order valence-corrected chi connectivity index (χ1v) is 9.13. The van der Waals surface area contributed by atoms with Crippen LogP contribution in [0.15, 0.2) is 36.5 Å². The Balaban J connectivity index is 0.00000261. The molecule has 1 aliphatic rings. The molecule has 1 fully saturated rings. The molecular weight excluding hydrogens is 326 g/mol. The predicted octanol–water partition coefficient (Wildman–Crippen LogP) is 3.15. The Kier molecular flexibility index (Phi) is 5.71. The quantitative estimate of drug-likeness (QED) is 0.915. The Morgan fingerprint density at radius 3 is 2.81 bits per heavy atom. The van der Waals surface area contributed by atoms with Crippen LogP contribution in [0, 0.1) is 13.8 Å². The largest absolute Gasteiger partial charge is 0.353 e. The molecule has 0 saturated carbocycles. The number of hydrogen-bond acceptors (Lipinski definition) is 4. The van der Waals surface area contributed by atoms with Gasteiger partial charge in [0, 0.05) is 34.3 Å². The summed E-state index contributed by atoms with van der Waals surface area (Å²) < 4.78 is 0. The Labute approximate surface area is 156 Å². The van der Waals surface area contributed by atoms with Crippen LogP contribution in [0.25, 0.3) is 0 Å². The van der Waals surface area contributed by atoms with E-state index >= 15 is 0 Å². The van der Waals surface area contributed by atoms with E-state index < -0.39 is 0 Å². The average molecular weight is 355 g/mol. The van der Waals surface area contributed by atoms with Crippen LogP contribution in [0.2, 0.25) is 0 Å². The molecule has 0 aliphatic carbocycles. The molecule has 0 unspecified atom stereocenters. The summed E-state index contributed by atoms with van der Waals surface area (Å²) in [6.45, 7) is 6.44. The molecule has 140 valence electrons. The second-order valence-corrected chi connectivity index (χ2v) is 7.09. The summed E-state index contributed by atoms with van der Waals surface area (Å²) in [5.41, 5.74) is 3.57. The van der Waals surface area contributed by atoms with Gasteiger partial charge in [-0.3, -0.25) is 0 Å². The number of hydrogen-bond donors (Lipinski definition) is 1. The van der Waals surface area contributed by atoms with Gasteiger partial charge in [-0.05, 0) is 44.4 Å². The summed E-state index contributed by atoms with van der Waals surface area (Å²) >= 11 is 0. The van der Waals surface area contributed by atoms with E-state index in [4.69, 9.17) is 0 Å². The summed E-state index contributed by atoms with van der Waals surface area (Å²) in [6, 6.07) is 10.4. The Morgan fingerprint density at radius 2 is 2.12 bits per heavy atom. The summed E-state index contributed by atoms with van der Waals surface area (Å²) in [5.74, 6) is 0.876. The monoisotopic (exact) mass is 355 g/mol. The molecule has 1 atom stereocenters. The van der Waals surface area contributed by atoms with Crippen molar-refractivity contribution >= 4 is 11.8 Å². The first-order valence-electron chi connectivity index (χ1n) is 9.13. The van der Waals surface area contributed by atoms with Crippen molar-refractivity contribution in [3.63, 3.8) is 0 Å². The number of amides is 2. The minimum absolute atomic E-state index is 0. The van der Waals surface area contributed by atoms with Crippen molar-refractivity contribution in [2.75, 3.05) is 25.0 Å². The fourth-order valence-electron chi connectivity index (χ4n) is 3.58. The van der Waals surface area contributed by atoms with E-state index in [0.717, 1.165) is 37.3 Å². The van der Waals surface area contributed by atoms with E-state index in [9.17, 15) is 4.79 Å². The number of rotatable bonds is 4. The molecule has 1 saturated heterocycles. The fourth-order valence-corrected chi connectivity index (χ4v) is 3.58. The second kappa shape index (κ2) is 8.17. The van der Waals surface area contributed by atoms with E-state index in [2.05, 4.69) is 52.5 Å². The maximum Gasteiger partial charge on any atom is 0.317 e. The summed E-state index contributed by atoms with van der Waals surface area (Å²) in [4.78, 5) is 16.6. The molecule has 2 heterocycles. The number of nitrogens with one attached hydrogen (secondary N) is 1. The number of aromatic nitrogens is 2. The topological polar surface area (TPSA) is 61.4 Å². The van der Waals surface area contributed by atoms with Crippen LogP contribution >= 0.6 is 0 Å². The molecule has 6 nitrogen and oxygen atoms in total. The number of urea groups is 1. The third-order valence-electron chi connectivity index (χ3n) is 4.87. The van der Waals surface area contributed by atoms with Gasteiger partial charge >= 0.3 is 6.03 Å². The highest BCUT2D eigenvalue weighted by molar-refractivity contribution is 5.74. The standard InChI is InChI=1S/C20H27N5O.H2/c1-15-10-16(2)12-17(11-15)13-21-20(26)24(3)18-6-5-9-25(14-18)19-7-4-8-22-23-19;/h4,7-8,10-12,18H,5-6,9,13-14H2,1-3H3,(H,21,26);1H/t18-;/m1./s1. The lowest BCUT2D eigenvalue weighted by atomic mass is 10.0. The highest BCUT2D eigenvalue weighted by Crippen LogP contribution is 2.19. The number of carbonyl (C=O) groups is 1. The van der Waals surface area contributed by atoms with Gasteiger partial charge in [0.2, 0.25) is 0 Å². The maximum atomic E-state index is 12.6. The lowest BCUT2D eigenvalue weighted by Crippen LogP contribution is -2.51. The molecule has 26 heavy (non-hydrogen) atoms. The SMILES string of the molecule is Cc1cc(C)cc(CNC(=O)N(C)[C@@H]2CCCN(c3cccnn3)C2)c1.[HH]. The fraction of sp³-hybridized carbons (Fsp3) is 0.450. The van der Waals surface area contributed by atoms with Crippen molar-refractivity contribution in [3.8, 4) is 0 Å². The highest BCUT2D eigenvalue weighted by Gasteiger charge is 2.26. The molecule has 2 amide bonds. The average Bonchev–Trinajstić information content (AvgIpc) is 2.65. The van der Waals surface area contributed by atoms with Crippen LogP contribution in [0.4, 0.5) is 10.6 Å². The van der Waals surface area contributed by atoms with E-state index in [1.807, 2.05) is 24.1 Å². The zero-order chi connectivity index (χ0) is 18.5. The van der Waals surface area contributed by atoms with Gasteiger partial charge in [0.25, 0.3) is 0 Å². The normalized spacial score (nSPS) is 17.0. The molecule has 6 heteroatoms. The van der Waals surface area contributed by atoms with Gasteiger partial charge in [-0.15, -0.1) is 5.10 Å². The number of anilines is 1. The van der Waals surface area contributed by atoms with E-state index in [0.29, 0.717) is 6.54 Å². The lowest BCUT2D eigenvalue weighted by Gasteiger charge is -2.38. The zero-order valence-electron chi connectivity index (χ0n) is 15.8. The van der Waals surface area contributed by atoms with Crippen molar-refractivity contribution in [1.29, 1.82) is 0 Å². The number of aryl methyl sites for hydroxylation is 2. The first-order chi connectivity index (χ1) is 12.5. The van der Waals surface area contributed by atoms with Crippen LogP contribution in [0.5, 0.6) is 0 Å². The minimum atomic E-state index is -0.0323. The molecule has 0 radical (unpaired) electrons. The van der Waals surface area contributed by atoms with E-state index in [-0.39, 0.29) is 13.5 Å². The van der Waals surface area contributed by atoms with Crippen LogP contribution in [0.3, 0.4) is 0 Å². The van der Waals surface area contributed by atoms with Gasteiger partial charge < -0.3 is 15.1 Å². The van der Waals surface area contributed by atoms with E-state index in [1.165, 1.54) is 11.1 Å².